The van der Waals surface area contributed by atoms with Crippen LogP contribution in [0.5, 0.6) is 5.75 Å². The molecule has 1 atom stereocenters. The summed E-state index contributed by atoms with van der Waals surface area (Å²) in [4.78, 5) is 28.4. The van der Waals surface area contributed by atoms with Gasteiger partial charge in [-0.2, -0.15) is 5.10 Å². The summed E-state index contributed by atoms with van der Waals surface area (Å²) in [5.41, 5.74) is -0.609. The molecule has 0 spiro atoms. The van der Waals surface area contributed by atoms with E-state index in [1.54, 1.807) is 12.3 Å². The largest absolute Gasteiger partial charge is 0.503 e. The van der Waals surface area contributed by atoms with Gasteiger partial charge in [-0.25, -0.2) is 4.39 Å². The first kappa shape index (κ1) is 20.3. The van der Waals surface area contributed by atoms with Crippen LogP contribution in [0.25, 0.3) is 0 Å². The van der Waals surface area contributed by atoms with Crippen LogP contribution >= 0.6 is 0 Å². The first-order valence-corrected chi connectivity index (χ1v) is 10.1. The molecular formula is C22H25FN4O3. The Morgan fingerprint density at radius 3 is 2.80 bits per heavy atom. The van der Waals surface area contributed by atoms with Gasteiger partial charge in [0.15, 0.2) is 11.4 Å². The van der Waals surface area contributed by atoms with E-state index in [4.69, 9.17) is 0 Å². The van der Waals surface area contributed by atoms with Gasteiger partial charge >= 0.3 is 0 Å². The van der Waals surface area contributed by atoms with E-state index in [2.05, 4.69) is 15.4 Å². The summed E-state index contributed by atoms with van der Waals surface area (Å²) in [6, 6.07) is 0. The molecule has 1 unspecified atom stereocenters. The van der Waals surface area contributed by atoms with Gasteiger partial charge in [-0.1, -0.05) is 31.4 Å². The first-order chi connectivity index (χ1) is 14.3. The van der Waals surface area contributed by atoms with Gasteiger partial charge in [0.1, 0.15) is 5.83 Å². The van der Waals surface area contributed by atoms with Gasteiger partial charge in [0, 0.05) is 24.1 Å². The zero-order valence-electron chi connectivity index (χ0n) is 17.1. The van der Waals surface area contributed by atoms with Crippen LogP contribution in [0.15, 0.2) is 51.3 Å². The zero-order valence-corrected chi connectivity index (χ0v) is 17.1. The molecule has 1 saturated carbocycles. The number of aliphatic imine (C=N–C) groups is 1. The number of carbonyl (C=O) groups is 1. The van der Waals surface area contributed by atoms with Crippen molar-refractivity contribution in [1.82, 2.24) is 15.1 Å². The van der Waals surface area contributed by atoms with Crippen molar-refractivity contribution in [3.8, 4) is 5.75 Å². The number of nitrogens with zero attached hydrogens (tertiary/aromatic N) is 3. The molecule has 0 radical (unpaired) electrons. The quantitative estimate of drug-likeness (QED) is 0.794. The molecule has 3 aliphatic rings. The highest BCUT2D eigenvalue weighted by atomic mass is 19.1. The molecule has 1 aliphatic heterocycles. The lowest BCUT2D eigenvalue weighted by molar-refractivity contribution is 0.0952. The second kappa shape index (κ2) is 7.34. The molecule has 0 saturated heterocycles. The van der Waals surface area contributed by atoms with Gasteiger partial charge in [-0.3, -0.25) is 19.3 Å². The van der Waals surface area contributed by atoms with Crippen molar-refractivity contribution < 1.29 is 14.3 Å². The third-order valence-corrected chi connectivity index (χ3v) is 6.48. The van der Waals surface area contributed by atoms with Crippen LogP contribution in [0.3, 0.4) is 0 Å². The predicted molar refractivity (Wildman–Crippen MR) is 111 cm³/mol. The summed E-state index contributed by atoms with van der Waals surface area (Å²) in [6.07, 6.45) is 12.6. The second-order valence-corrected chi connectivity index (χ2v) is 8.55. The first-order valence-electron chi connectivity index (χ1n) is 10.1. The Hall–Kier alpha value is -3.03. The number of fused-ring (bicyclic) bond motifs is 1. The summed E-state index contributed by atoms with van der Waals surface area (Å²) in [6.45, 7) is 2.33. The molecule has 30 heavy (non-hydrogen) atoms. The predicted octanol–water partition coefficient (Wildman–Crippen LogP) is 3.03. The molecule has 7 nitrogen and oxygen atoms in total. The monoisotopic (exact) mass is 412 g/mol. The smallest absolute Gasteiger partial charge is 0.275 e. The van der Waals surface area contributed by atoms with Crippen LogP contribution in [0, 0.1) is 10.8 Å². The number of dihydropyridines is 1. The summed E-state index contributed by atoms with van der Waals surface area (Å²) in [7, 11) is 1.40. The highest BCUT2D eigenvalue weighted by Crippen LogP contribution is 2.54. The molecule has 2 heterocycles. The number of aromatic hydroxyl groups is 1. The van der Waals surface area contributed by atoms with E-state index in [9.17, 15) is 14.7 Å². The number of carbonyl (C=O) groups excluding carboxylic acids is 1. The van der Waals surface area contributed by atoms with Crippen LogP contribution < -0.4 is 10.7 Å². The average Bonchev–Trinajstić information content (AvgIpc) is 3.19. The van der Waals surface area contributed by atoms with E-state index in [1.807, 2.05) is 19.1 Å². The summed E-state index contributed by atoms with van der Waals surface area (Å²) in [5.74, 6) is -1.51. The van der Waals surface area contributed by atoms with Crippen molar-refractivity contribution in [2.24, 2.45) is 15.8 Å². The van der Waals surface area contributed by atoms with Crippen LogP contribution in [0.1, 0.15) is 49.5 Å². The molecule has 1 aromatic heterocycles. The summed E-state index contributed by atoms with van der Waals surface area (Å²) in [5, 5.41) is 16.6. The number of halogens is 1. The minimum absolute atomic E-state index is 0.326. The lowest BCUT2D eigenvalue weighted by Crippen LogP contribution is -2.35. The van der Waals surface area contributed by atoms with Gasteiger partial charge in [0.2, 0.25) is 0 Å². The fourth-order valence-corrected chi connectivity index (χ4v) is 4.90. The molecule has 0 aromatic carbocycles. The van der Waals surface area contributed by atoms with Crippen molar-refractivity contribution in [1.29, 1.82) is 0 Å². The third-order valence-electron chi connectivity index (χ3n) is 6.48. The summed E-state index contributed by atoms with van der Waals surface area (Å²) < 4.78 is 16.5. The van der Waals surface area contributed by atoms with Crippen LogP contribution in [-0.2, 0) is 6.54 Å². The van der Waals surface area contributed by atoms with E-state index >= 15 is 4.39 Å². The maximum atomic E-state index is 15.0. The Morgan fingerprint density at radius 1 is 1.37 bits per heavy atom. The maximum absolute atomic E-state index is 15.0. The Morgan fingerprint density at radius 2 is 2.10 bits per heavy atom. The molecule has 1 aromatic rings. The Balaban J connectivity index is 1.75. The molecule has 0 bridgehead atoms. The van der Waals surface area contributed by atoms with E-state index in [1.165, 1.54) is 17.9 Å². The highest BCUT2D eigenvalue weighted by molar-refractivity contribution is 5.92. The Bertz CT molecular complexity index is 1080. The highest BCUT2D eigenvalue weighted by Gasteiger charge is 2.44. The van der Waals surface area contributed by atoms with E-state index < -0.39 is 22.5 Å². The molecule has 4 rings (SSSR count). The average molecular weight is 412 g/mol. The Labute approximate surface area is 173 Å². The SMILES string of the molecule is CNC(=O)c1nn(CC2(C3=CC(F)=C4N=CC=CC4(C)C3)CCCC2)cc(O)c1=O. The van der Waals surface area contributed by atoms with Gasteiger partial charge < -0.3 is 10.4 Å². The minimum Gasteiger partial charge on any atom is -0.503 e. The molecule has 8 heteroatoms. The normalized spacial score (nSPS) is 24.6. The number of allylic oxidation sites excluding steroid dienone is 5. The Kier molecular flexibility index (Phi) is 4.95. The van der Waals surface area contributed by atoms with Gasteiger partial charge in [-0.15, -0.1) is 0 Å². The fraction of sp³-hybridized carbons (Fsp3) is 0.455. The van der Waals surface area contributed by atoms with Crippen molar-refractivity contribution in [2.45, 2.75) is 45.6 Å². The maximum Gasteiger partial charge on any atom is 0.275 e. The third kappa shape index (κ3) is 3.30. The topological polar surface area (TPSA) is 96.6 Å². The lowest BCUT2D eigenvalue weighted by atomic mass is 9.66. The molecule has 2 aliphatic carbocycles. The number of rotatable bonds is 4. The van der Waals surface area contributed by atoms with Gasteiger partial charge in [0.25, 0.3) is 11.3 Å². The fourth-order valence-electron chi connectivity index (χ4n) is 4.90. The van der Waals surface area contributed by atoms with E-state index in [0.717, 1.165) is 31.3 Å². The van der Waals surface area contributed by atoms with E-state index in [-0.39, 0.29) is 16.9 Å². The molecule has 1 fully saturated rings. The van der Waals surface area contributed by atoms with Crippen LogP contribution in [0.2, 0.25) is 0 Å². The zero-order chi connectivity index (χ0) is 21.5. The molecule has 158 valence electrons. The van der Waals surface area contributed by atoms with Crippen molar-refractivity contribution in [3.05, 3.63) is 57.4 Å². The van der Waals surface area contributed by atoms with Gasteiger partial charge in [0.05, 0.1) is 18.4 Å². The molecule has 1 amide bonds. The number of hydrogen-bond acceptors (Lipinski definition) is 5. The summed E-state index contributed by atoms with van der Waals surface area (Å²) >= 11 is 0. The second-order valence-electron chi connectivity index (χ2n) is 8.55. The van der Waals surface area contributed by atoms with Crippen molar-refractivity contribution in [3.63, 3.8) is 0 Å². The lowest BCUT2D eigenvalue weighted by Gasteiger charge is -2.40. The van der Waals surface area contributed by atoms with Gasteiger partial charge in [-0.05, 0) is 31.4 Å². The van der Waals surface area contributed by atoms with Crippen molar-refractivity contribution >= 4 is 12.1 Å². The molecular weight excluding hydrogens is 387 g/mol. The minimum atomic E-state index is -0.806. The van der Waals surface area contributed by atoms with E-state index in [0.29, 0.717) is 18.7 Å². The van der Waals surface area contributed by atoms with Crippen molar-refractivity contribution in [2.75, 3.05) is 7.05 Å². The standard InChI is InChI=1S/C22H25FN4O3/c1-21-6-5-9-25-19(21)15(23)10-14(11-21)22(7-3-4-8-22)13-27-12-16(28)18(29)17(26-27)20(30)24-2/h5-6,9-10,12,28H,3-4,7-8,11,13H2,1-2H3,(H,24,30). The van der Waals surface area contributed by atoms with Crippen LogP contribution in [-0.4, -0.2) is 34.1 Å². The van der Waals surface area contributed by atoms with Crippen LogP contribution in [0.4, 0.5) is 4.39 Å². The molecule has 2 N–H and O–H groups in total. The number of hydrogen-bond donors (Lipinski definition) is 2. The number of nitrogens with one attached hydrogen (secondary N) is 1. The number of aromatic nitrogens is 2. The number of amides is 1.